The summed E-state index contributed by atoms with van der Waals surface area (Å²) in [6, 6.07) is 6.49. The third kappa shape index (κ3) is 4.19. The highest BCUT2D eigenvalue weighted by molar-refractivity contribution is 6.30. The first-order valence-corrected chi connectivity index (χ1v) is 7.35. The predicted molar refractivity (Wildman–Crippen MR) is 80.2 cm³/mol. The van der Waals surface area contributed by atoms with Crippen LogP contribution in [0.25, 0.3) is 0 Å². The molecular weight excluding hydrogens is 292 g/mol. The van der Waals surface area contributed by atoms with Crippen molar-refractivity contribution in [1.29, 1.82) is 0 Å². The maximum atomic E-state index is 12.0. The highest BCUT2D eigenvalue weighted by Gasteiger charge is 2.27. The Hall–Kier alpha value is -1.59. The average molecular weight is 311 g/mol. The maximum Gasteiger partial charge on any atom is 0.251 e. The molecule has 114 valence electrons. The van der Waals surface area contributed by atoms with Crippen molar-refractivity contribution in [3.05, 3.63) is 34.9 Å². The standard InChI is InChI=1S/C15H19ClN2O3/c1-10-9-18(7-6-13(10)19)14(20)8-17-15(21)11-2-4-12(16)5-3-11/h2-5,10,13,19H,6-9H2,1H3,(H,17,21). The molecule has 1 heterocycles. The Morgan fingerprint density at radius 1 is 1.38 bits per heavy atom. The van der Waals surface area contributed by atoms with E-state index in [1.807, 2.05) is 6.92 Å². The molecule has 0 aliphatic carbocycles. The van der Waals surface area contributed by atoms with E-state index in [4.69, 9.17) is 11.6 Å². The smallest absolute Gasteiger partial charge is 0.251 e. The summed E-state index contributed by atoms with van der Waals surface area (Å²) in [6.45, 7) is 2.93. The first-order valence-electron chi connectivity index (χ1n) is 6.97. The normalized spacial score (nSPS) is 22.0. The number of piperidine rings is 1. The van der Waals surface area contributed by atoms with Gasteiger partial charge in [0.25, 0.3) is 5.91 Å². The monoisotopic (exact) mass is 310 g/mol. The van der Waals surface area contributed by atoms with E-state index in [-0.39, 0.29) is 30.4 Å². The summed E-state index contributed by atoms with van der Waals surface area (Å²) in [5, 5.41) is 12.8. The number of hydrogen-bond acceptors (Lipinski definition) is 3. The van der Waals surface area contributed by atoms with Crippen LogP contribution in [0.3, 0.4) is 0 Å². The third-order valence-electron chi connectivity index (χ3n) is 3.72. The lowest BCUT2D eigenvalue weighted by molar-refractivity contribution is -0.133. The van der Waals surface area contributed by atoms with Gasteiger partial charge in [-0.1, -0.05) is 18.5 Å². The molecule has 0 radical (unpaired) electrons. The van der Waals surface area contributed by atoms with E-state index in [1.54, 1.807) is 29.2 Å². The van der Waals surface area contributed by atoms with Gasteiger partial charge in [0.15, 0.2) is 0 Å². The van der Waals surface area contributed by atoms with E-state index < -0.39 is 0 Å². The number of aliphatic hydroxyl groups is 1. The van der Waals surface area contributed by atoms with Crippen molar-refractivity contribution in [2.24, 2.45) is 5.92 Å². The van der Waals surface area contributed by atoms with E-state index in [1.165, 1.54) is 0 Å². The van der Waals surface area contributed by atoms with Crippen LogP contribution in [0.15, 0.2) is 24.3 Å². The van der Waals surface area contributed by atoms with Gasteiger partial charge in [-0.3, -0.25) is 9.59 Å². The van der Waals surface area contributed by atoms with Gasteiger partial charge in [0, 0.05) is 23.7 Å². The summed E-state index contributed by atoms with van der Waals surface area (Å²) in [4.78, 5) is 25.6. The highest BCUT2D eigenvalue weighted by atomic mass is 35.5. The third-order valence-corrected chi connectivity index (χ3v) is 3.97. The summed E-state index contributed by atoms with van der Waals surface area (Å²) in [7, 11) is 0. The molecule has 21 heavy (non-hydrogen) atoms. The van der Waals surface area contributed by atoms with Gasteiger partial charge < -0.3 is 15.3 Å². The fraction of sp³-hybridized carbons (Fsp3) is 0.467. The molecule has 1 aromatic carbocycles. The van der Waals surface area contributed by atoms with Crippen molar-refractivity contribution >= 4 is 23.4 Å². The van der Waals surface area contributed by atoms with Gasteiger partial charge >= 0.3 is 0 Å². The van der Waals surface area contributed by atoms with Gasteiger partial charge in [0.2, 0.25) is 5.91 Å². The van der Waals surface area contributed by atoms with Crippen molar-refractivity contribution in [2.75, 3.05) is 19.6 Å². The Bertz CT molecular complexity index is 518. The second kappa shape index (κ2) is 6.91. The van der Waals surface area contributed by atoms with Gasteiger partial charge in [-0.25, -0.2) is 0 Å². The molecule has 1 saturated heterocycles. The number of amides is 2. The van der Waals surface area contributed by atoms with Crippen LogP contribution in [0, 0.1) is 5.92 Å². The molecule has 1 aliphatic heterocycles. The van der Waals surface area contributed by atoms with E-state index in [0.717, 1.165) is 0 Å². The SMILES string of the molecule is CC1CN(C(=O)CNC(=O)c2ccc(Cl)cc2)CCC1O. The quantitative estimate of drug-likeness (QED) is 0.884. The zero-order chi connectivity index (χ0) is 15.4. The summed E-state index contributed by atoms with van der Waals surface area (Å²) in [5.41, 5.74) is 0.467. The number of nitrogens with zero attached hydrogens (tertiary/aromatic N) is 1. The molecule has 2 amide bonds. The first kappa shape index (κ1) is 15.8. The van der Waals surface area contributed by atoms with Gasteiger partial charge in [0.05, 0.1) is 12.6 Å². The summed E-state index contributed by atoms with van der Waals surface area (Å²) in [6.07, 6.45) is 0.232. The predicted octanol–water partition coefficient (Wildman–Crippen LogP) is 1.30. The van der Waals surface area contributed by atoms with Crippen LogP contribution in [0.5, 0.6) is 0 Å². The maximum absolute atomic E-state index is 12.0. The average Bonchev–Trinajstić information content (AvgIpc) is 2.48. The van der Waals surface area contributed by atoms with Crippen molar-refractivity contribution in [1.82, 2.24) is 10.2 Å². The van der Waals surface area contributed by atoms with Crippen LogP contribution >= 0.6 is 11.6 Å². The van der Waals surface area contributed by atoms with Crippen LogP contribution in [0.4, 0.5) is 0 Å². The Balaban J connectivity index is 1.83. The second-order valence-corrected chi connectivity index (χ2v) is 5.80. The number of halogens is 1. The first-order chi connectivity index (χ1) is 9.97. The lowest BCUT2D eigenvalue weighted by atomic mass is 9.97. The molecule has 2 N–H and O–H groups in total. The van der Waals surface area contributed by atoms with Crippen LogP contribution in [-0.4, -0.2) is 47.6 Å². The second-order valence-electron chi connectivity index (χ2n) is 5.36. The molecule has 2 rings (SSSR count). The zero-order valence-electron chi connectivity index (χ0n) is 11.9. The van der Waals surface area contributed by atoms with E-state index in [0.29, 0.717) is 30.1 Å². The molecule has 0 aromatic heterocycles. The summed E-state index contributed by atoms with van der Waals surface area (Å²) >= 11 is 5.76. The highest BCUT2D eigenvalue weighted by Crippen LogP contribution is 2.16. The molecular formula is C15H19ClN2O3. The van der Waals surface area contributed by atoms with Crippen LogP contribution in [-0.2, 0) is 4.79 Å². The molecule has 0 bridgehead atoms. The van der Waals surface area contributed by atoms with E-state index >= 15 is 0 Å². The molecule has 1 aliphatic rings. The number of hydrogen-bond donors (Lipinski definition) is 2. The molecule has 1 aromatic rings. The van der Waals surface area contributed by atoms with E-state index in [9.17, 15) is 14.7 Å². The fourth-order valence-electron chi connectivity index (χ4n) is 2.33. The zero-order valence-corrected chi connectivity index (χ0v) is 12.6. The largest absolute Gasteiger partial charge is 0.393 e. The number of carbonyl (C=O) groups excluding carboxylic acids is 2. The fourth-order valence-corrected chi connectivity index (χ4v) is 2.46. The van der Waals surface area contributed by atoms with Crippen LogP contribution < -0.4 is 5.32 Å². The van der Waals surface area contributed by atoms with Crippen LogP contribution in [0.1, 0.15) is 23.7 Å². The molecule has 2 atom stereocenters. The topological polar surface area (TPSA) is 69.6 Å². The summed E-state index contributed by atoms with van der Waals surface area (Å²) < 4.78 is 0. The minimum atomic E-state index is -0.349. The minimum absolute atomic E-state index is 0.0374. The van der Waals surface area contributed by atoms with Crippen molar-refractivity contribution in [3.8, 4) is 0 Å². The number of aliphatic hydroxyl groups excluding tert-OH is 1. The molecule has 1 fully saturated rings. The molecule has 0 saturated carbocycles. The minimum Gasteiger partial charge on any atom is -0.393 e. The molecule has 0 spiro atoms. The molecule has 2 unspecified atom stereocenters. The number of benzene rings is 1. The molecule has 6 heteroatoms. The Kier molecular flexibility index (Phi) is 5.20. The van der Waals surface area contributed by atoms with Crippen molar-refractivity contribution in [2.45, 2.75) is 19.4 Å². The molecule has 5 nitrogen and oxygen atoms in total. The van der Waals surface area contributed by atoms with Gasteiger partial charge in [-0.2, -0.15) is 0 Å². The summed E-state index contributed by atoms with van der Waals surface area (Å²) in [5.74, 6) is -0.365. The Morgan fingerprint density at radius 2 is 2.05 bits per heavy atom. The van der Waals surface area contributed by atoms with Gasteiger partial charge in [-0.15, -0.1) is 0 Å². The number of nitrogens with one attached hydrogen (secondary N) is 1. The van der Waals surface area contributed by atoms with E-state index in [2.05, 4.69) is 5.32 Å². The Morgan fingerprint density at radius 3 is 2.67 bits per heavy atom. The van der Waals surface area contributed by atoms with Crippen LogP contribution in [0.2, 0.25) is 5.02 Å². The van der Waals surface area contributed by atoms with Gasteiger partial charge in [-0.05, 0) is 36.6 Å². The Labute approximate surface area is 128 Å². The lowest BCUT2D eigenvalue weighted by Gasteiger charge is -2.34. The number of likely N-dealkylation sites (tertiary alicyclic amines) is 1. The van der Waals surface area contributed by atoms with Crippen molar-refractivity contribution in [3.63, 3.8) is 0 Å². The number of carbonyl (C=O) groups is 2. The number of rotatable bonds is 3. The van der Waals surface area contributed by atoms with Crippen molar-refractivity contribution < 1.29 is 14.7 Å². The lowest BCUT2D eigenvalue weighted by Crippen LogP contribution is -2.48. The van der Waals surface area contributed by atoms with Gasteiger partial charge in [0.1, 0.15) is 0 Å².